The van der Waals surface area contributed by atoms with Gasteiger partial charge in [-0.3, -0.25) is 9.59 Å². The summed E-state index contributed by atoms with van der Waals surface area (Å²) in [4.78, 5) is 33.8. The van der Waals surface area contributed by atoms with E-state index in [4.69, 9.17) is 4.98 Å². The van der Waals surface area contributed by atoms with Gasteiger partial charge < -0.3 is 15.6 Å². The molecule has 5 aliphatic carbocycles. The minimum atomic E-state index is 0.0220. The lowest BCUT2D eigenvalue weighted by molar-refractivity contribution is -0.119. The number of hydrogen-bond acceptors (Lipinski definition) is 3. The summed E-state index contributed by atoms with van der Waals surface area (Å²) in [5.41, 5.74) is 4.21. The highest BCUT2D eigenvalue weighted by atomic mass is 16.2. The lowest BCUT2D eigenvalue weighted by atomic mass is 9.53. The van der Waals surface area contributed by atoms with Crippen molar-refractivity contribution in [2.45, 2.75) is 69.7 Å². The fourth-order valence-electron chi connectivity index (χ4n) is 8.01. The Labute approximate surface area is 211 Å². The van der Waals surface area contributed by atoms with Gasteiger partial charge in [0.15, 0.2) is 0 Å². The molecule has 5 fully saturated rings. The molecule has 1 aromatic heterocycles. The van der Waals surface area contributed by atoms with Crippen LogP contribution < -0.4 is 10.6 Å². The van der Waals surface area contributed by atoms with Crippen LogP contribution >= 0.6 is 0 Å². The molecular weight excluding hydrogens is 448 g/mol. The Morgan fingerprint density at radius 3 is 2.22 bits per heavy atom. The monoisotopic (exact) mass is 482 g/mol. The average molecular weight is 483 g/mol. The minimum Gasteiger partial charge on any atom is -0.347 e. The fraction of sp³-hybridized carbons (Fsp3) is 0.500. The number of nitrogens with zero attached hydrogens (tertiary/aromatic N) is 1. The lowest BCUT2D eigenvalue weighted by Gasteiger charge is -2.56. The van der Waals surface area contributed by atoms with Gasteiger partial charge >= 0.3 is 0 Å². The van der Waals surface area contributed by atoms with E-state index in [1.807, 2.05) is 42.5 Å². The Kier molecular flexibility index (Phi) is 5.19. The van der Waals surface area contributed by atoms with Crippen LogP contribution in [0.4, 0.5) is 5.69 Å². The number of benzene rings is 2. The second-order valence-corrected chi connectivity index (χ2v) is 12.0. The maximum absolute atomic E-state index is 13.2. The molecule has 3 N–H and O–H groups in total. The topological polar surface area (TPSA) is 86.9 Å². The van der Waals surface area contributed by atoms with Gasteiger partial charge in [-0.15, -0.1) is 0 Å². The van der Waals surface area contributed by atoms with Crippen LogP contribution in [0.3, 0.4) is 0 Å². The maximum atomic E-state index is 13.2. The Balaban J connectivity index is 1.05. The first kappa shape index (κ1) is 22.1. The zero-order valence-electron chi connectivity index (χ0n) is 20.7. The highest BCUT2D eigenvalue weighted by Gasteiger charge is 2.51. The van der Waals surface area contributed by atoms with Gasteiger partial charge in [-0.1, -0.05) is 25.0 Å². The number of H-pyrrole nitrogens is 1. The molecule has 5 saturated carbocycles. The lowest BCUT2D eigenvalue weighted by Crippen LogP contribution is -2.59. The van der Waals surface area contributed by atoms with Crippen molar-refractivity contribution in [3.8, 4) is 11.4 Å². The molecule has 1 heterocycles. The van der Waals surface area contributed by atoms with E-state index < -0.39 is 0 Å². The summed E-state index contributed by atoms with van der Waals surface area (Å²) < 4.78 is 0. The molecule has 0 radical (unpaired) electrons. The molecule has 3 aromatic rings. The summed E-state index contributed by atoms with van der Waals surface area (Å²) in [6, 6.07) is 13.6. The first-order valence-corrected chi connectivity index (χ1v) is 13.8. The Morgan fingerprint density at radius 1 is 0.889 bits per heavy atom. The smallest absolute Gasteiger partial charge is 0.251 e. The molecule has 0 unspecified atom stereocenters. The molecule has 0 spiro atoms. The van der Waals surface area contributed by atoms with Crippen molar-refractivity contribution in [2.24, 2.45) is 23.7 Å². The maximum Gasteiger partial charge on any atom is 0.251 e. The van der Waals surface area contributed by atoms with E-state index in [0.29, 0.717) is 5.56 Å². The van der Waals surface area contributed by atoms with E-state index in [0.717, 1.165) is 90.8 Å². The van der Waals surface area contributed by atoms with E-state index in [9.17, 15) is 9.59 Å². The number of nitrogens with one attached hydrogen (secondary N) is 3. The van der Waals surface area contributed by atoms with Crippen LogP contribution in [0.5, 0.6) is 0 Å². The number of imidazole rings is 1. The van der Waals surface area contributed by atoms with E-state index in [-0.39, 0.29) is 23.3 Å². The molecule has 0 atom stereocenters. The van der Waals surface area contributed by atoms with Gasteiger partial charge in [0.05, 0.1) is 11.0 Å². The number of hydrogen-bond donors (Lipinski definition) is 3. The molecule has 8 rings (SSSR count). The van der Waals surface area contributed by atoms with Crippen molar-refractivity contribution in [2.75, 3.05) is 5.32 Å². The molecule has 0 saturated heterocycles. The number of rotatable bonds is 5. The second kappa shape index (κ2) is 8.46. The van der Waals surface area contributed by atoms with Crippen LogP contribution in [-0.4, -0.2) is 27.3 Å². The molecule has 0 aliphatic heterocycles. The fourth-order valence-corrected chi connectivity index (χ4v) is 8.01. The van der Waals surface area contributed by atoms with Gasteiger partial charge in [-0.2, -0.15) is 0 Å². The molecule has 6 nitrogen and oxygen atoms in total. The van der Waals surface area contributed by atoms with Gasteiger partial charge in [0, 0.05) is 28.3 Å². The highest BCUT2D eigenvalue weighted by Crippen LogP contribution is 2.55. The van der Waals surface area contributed by atoms with Gasteiger partial charge in [0.25, 0.3) is 5.91 Å². The summed E-state index contributed by atoms with van der Waals surface area (Å²) in [6.07, 6.45) is 11.8. The van der Waals surface area contributed by atoms with E-state index >= 15 is 0 Å². The second-order valence-electron chi connectivity index (χ2n) is 12.0. The Hall–Kier alpha value is -3.15. The summed E-state index contributed by atoms with van der Waals surface area (Å²) in [7, 11) is 0. The first-order valence-electron chi connectivity index (χ1n) is 13.8. The number of aromatic nitrogens is 2. The molecular formula is C30H34N4O2. The summed E-state index contributed by atoms with van der Waals surface area (Å²) in [6.45, 7) is 0. The van der Waals surface area contributed by atoms with Crippen LogP contribution in [0.15, 0.2) is 42.5 Å². The molecule has 5 aliphatic rings. The number of amides is 2. The van der Waals surface area contributed by atoms with Crippen LogP contribution in [0.1, 0.15) is 74.6 Å². The Bertz CT molecular complexity index is 1280. The number of carbonyl (C=O) groups excluding carboxylic acids is 2. The van der Waals surface area contributed by atoms with E-state index in [1.165, 1.54) is 19.3 Å². The SMILES string of the molecule is O=C(NC12CC3CC(CC(C3)C1)C2)c1ccc(-c2nc3ccc(NC(=O)C4CCCC4)cc3[nH]2)cc1. The quantitative estimate of drug-likeness (QED) is 0.413. The summed E-state index contributed by atoms with van der Waals surface area (Å²) in [5.74, 6) is 3.49. The number of fused-ring (bicyclic) bond motifs is 1. The average Bonchev–Trinajstić information content (AvgIpc) is 3.53. The third-order valence-electron chi connectivity index (χ3n) is 9.31. The third kappa shape index (κ3) is 4.00. The normalized spacial score (nSPS) is 29.1. The Morgan fingerprint density at radius 2 is 1.56 bits per heavy atom. The van der Waals surface area contributed by atoms with Crippen molar-refractivity contribution in [3.05, 3.63) is 48.0 Å². The van der Waals surface area contributed by atoms with Crippen molar-refractivity contribution >= 4 is 28.5 Å². The van der Waals surface area contributed by atoms with Gasteiger partial charge in [0.2, 0.25) is 5.91 Å². The van der Waals surface area contributed by atoms with Gasteiger partial charge in [0.1, 0.15) is 5.82 Å². The number of aromatic amines is 1. The molecule has 6 heteroatoms. The predicted molar refractivity (Wildman–Crippen MR) is 140 cm³/mol. The zero-order valence-corrected chi connectivity index (χ0v) is 20.7. The van der Waals surface area contributed by atoms with Crippen LogP contribution in [0.2, 0.25) is 0 Å². The molecule has 4 bridgehead atoms. The largest absolute Gasteiger partial charge is 0.347 e. The van der Waals surface area contributed by atoms with Crippen molar-refractivity contribution < 1.29 is 9.59 Å². The standard InChI is InChI=1S/C30H34N4O2/c35-28(22-3-1-2-4-22)31-24-9-10-25-26(14-24)33-27(32-25)21-5-7-23(8-6-21)29(36)34-30-15-18-11-19(16-30)13-20(12-18)17-30/h5-10,14,18-20,22H,1-4,11-13,15-17H2,(H,31,35)(H,32,33)(H,34,36). The number of carbonyl (C=O) groups is 2. The molecule has 2 amide bonds. The number of anilines is 1. The predicted octanol–water partition coefficient (Wildman–Crippen LogP) is 6.06. The van der Waals surface area contributed by atoms with Crippen LogP contribution in [0.25, 0.3) is 22.4 Å². The van der Waals surface area contributed by atoms with Gasteiger partial charge in [-0.25, -0.2) is 4.98 Å². The van der Waals surface area contributed by atoms with Crippen LogP contribution in [0, 0.1) is 23.7 Å². The highest BCUT2D eigenvalue weighted by molar-refractivity contribution is 5.96. The van der Waals surface area contributed by atoms with Gasteiger partial charge in [-0.05, 0) is 99.5 Å². The molecule has 36 heavy (non-hydrogen) atoms. The zero-order chi connectivity index (χ0) is 24.3. The summed E-state index contributed by atoms with van der Waals surface area (Å²) in [5, 5.41) is 6.53. The van der Waals surface area contributed by atoms with Crippen LogP contribution in [-0.2, 0) is 4.79 Å². The minimum absolute atomic E-state index is 0.0220. The molecule has 2 aromatic carbocycles. The molecule has 186 valence electrons. The van der Waals surface area contributed by atoms with Crippen molar-refractivity contribution in [3.63, 3.8) is 0 Å². The van der Waals surface area contributed by atoms with E-state index in [2.05, 4.69) is 15.6 Å². The van der Waals surface area contributed by atoms with Crippen molar-refractivity contribution in [1.29, 1.82) is 0 Å². The third-order valence-corrected chi connectivity index (χ3v) is 9.31. The van der Waals surface area contributed by atoms with E-state index in [1.54, 1.807) is 0 Å². The summed E-state index contributed by atoms with van der Waals surface area (Å²) >= 11 is 0. The first-order chi connectivity index (χ1) is 17.5. The van der Waals surface area contributed by atoms with Crippen molar-refractivity contribution in [1.82, 2.24) is 15.3 Å².